The molecule has 2 rings (SSSR count). The average molecular weight is 485 g/mol. The molecule has 0 aliphatic carbocycles. The van der Waals surface area contributed by atoms with Crippen molar-refractivity contribution in [3.63, 3.8) is 0 Å². The molecule has 0 heterocycles. The Labute approximate surface area is 209 Å². The van der Waals surface area contributed by atoms with E-state index in [0.29, 0.717) is 41.7 Å². The first-order chi connectivity index (χ1) is 16.6. The van der Waals surface area contributed by atoms with Gasteiger partial charge in [-0.15, -0.1) is 0 Å². The molecule has 9 nitrogen and oxygen atoms in total. The normalized spacial score (nSPS) is 11.8. The van der Waals surface area contributed by atoms with Gasteiger partial charge in [-0.3, -0.25) is 4.79 Å². The lowest BCUT2D eigenvalue weighted by atomic mass is 9.86. The minimum atomic E-state index is -0.476. The van der Waals surface area contributed by atoms with Crippen molar-refractivity contribution in [1.29, 1.82) is 0 Å². The van der Waals surface area contributed by atoms with E-state index in [0.717, 1.165) is 11.3 Å². The summed E-state index contributed by atoms with van der Waals surface area (Å²) in [6, 6.07) is 11.0. The van der Waals surface area contributed by atoms with Crippen molar-refractivity contribution in [1.82, 2.24) is 0 Å². The van der Waals surface area contributed by atoms with E-state index in [2.05, 4.69) is 41.5 Å². The lowest BCUT2D eigenvalue weighted by Gasteiger charge is -2.22. The van der Waals surface area contributed by atoms with Gasteiger partial charge in [0.25, 0.3) is 5.91 Å². The lowest BCUT2D eigenvalue weighted by molar-refractivity contribution is -0.110. The van der Waals surface area contributed by atoms with Crippen LogP contribution in [0.5, 0.6) is 11.5 Å². The molecule has 0 radical (unpaired) electrons. The van der Waals surface area contributed by atoms with E-state index in [4.69, 9.17) is 21.1 Å². The molecule has 0 saturated carbocycles. The maximum absolute atomic E-state index is 13.0. The Morgan fingerprint density at radius 1 is 1.03 bits per heavy atom. The second-order valence-electron chi connectivity index (χ2n) is 8.43. The number of anilines is 2. The van der Waals surface area contributed by atoms with Crippen molar-refractivity contribution >= 4 is 34.4 Å². The van der Waals surface area contributed by atoms with Gasteiger partial charge in [0.2, 0.25) is 0 Å². The molecule has 2 aromatic rings. The van der Waals surface area contributed by atoms with E-state index in [1.54, 1.807) is 39.3 Å². The molecule has 9 heteroatoms. The molecular formula is C26H40N6O3. The molecule has 6 N–H and O–H groups in total. The number of hydrogen-bond acceptors (Lipinski definition) is 8. The summed E-state index contributed by atoms with van der Waals surface area (Å²) in [5, 5.41) is 9.84. The van der Waals surface area contributed by atoms with Crippen LogP contribution in [-0.2, 0) is 10.2 Å². The van der Waals surface area contributed by atoms with Crippen molar-refractivity contribution in [2.75, 3.05) is 37.9 Å². The lowest BCUT2D eigenvalue weighted by Crippen LogP contribution is -2.30. The van der Waals surface area contributed by atoms with Crippen LogP contribution in [0.3, 0.4) is 0 Å². The fourth-order valence-corrected chi connectivity index (χ4v) is 3.08. The van der Waals surface area contributed by atoms with E-state index in [9.17, 15) is 4.79 Å². The minimum Gasteiger partial charge on any atom is -0.497 e. The quantitative estimate of drug-likeness (QED) is 0.236. The minimum absolute atomic E-state index is 0.00231. The maximum Gasteiger partial charge on any atom is 0.277 e. The molecule has 0 fully saturated rings. The molecule has 0 aliphatic rings. The van der Waals surface area contributed by atoms with Crippen LogP contribution in [0, 0.1) is 0 Å². The second kappa shape index (κ2) is 14.0. The van der Waals surface area contributed by atoms with E-state index >= 15 is 0 Å². The van der Waals surface area contributed by atoms with Crippen LogP contribution in [-0.4, -0.2) is 44.6 Å². The van der Waals surface area contributed by atoms with E-state index in [-0.39, 0.29) is 11.1 Å². The van der Waals surface area contributed by atoms with Gasteiger partial charge in [-0.05, 0) is 48.2 Å². The Morgan fingerprint density at radius 3 is 2.23 bits per heavy atom. The van der Waals surface area contributed by atoms with Crippen molar-refractivity contribution in [3.8, 4) is 11.5 Å². The van der Waals surface area contributed by atoms with Crippen molar-refractivity contribution in [3.05, 3.63) is 42.0 Å². The number of ether oxygens (including phenoxy) is 2. The first-order valence-corrected chi connectivity index (χ1v) is 11.6. The molecule has 0 aliphatic heterocycles. The highest BCUT2D eigenvalue weighted by Crippen LogP contribution is 2.32. The first-order valence-electron chi connectivity index (χ1n) is 11.6. The summed E-state index contributed by atoms with van der Waals surface area (Å²) in [7, 11) is 3.10. The van der Waals surface area contributed by atoms with Gasteiger partial charge in [-0.2, -0.15) is 5.10 Å². The Morgan fingerprint density at radius 2 is 1.69 bits per heavy atom. The summed E-state index contributed by atoms with van der Waals surface area (Å²) in [5.74, 6) is 6.23. The fraction of sp³-hybridized carbons (Fsp3) is 0.423. The van der Waals surface area contributed by atoms with Gasteiger partial charge in [0.05, 0.1) is 19.9 Å². The number of hydrazone groups is 1. The molecule has 2 aromatic carbocycles. The van der Waals surface area contributed by atoms with Gasteiger partial charge in [0.15, 0.2) is 5.71 Å². The molecule has 0 atom stereocenters. The third kappa shape index (κ3) is 8.60. The number of benzene rings is 2. The monoisotopic (exact) mass is 484 g/mol. The molecule has 0 unspecified atom stereocenters. The summed E-state index contributed by atoms with van der Waals surface area (Å²) in [5.41, 5.74) is 8.84. The van der Waals surface area contributed by atoms with Crippen molar-refractivity contribution in [2.24, 2.45) is 21.7 Å². The third-order valence-corrected chi connectivity index (χ3v) is 4.89. The van der Waals surface area contributed by atoms with Gasteiger partial charge in [0, 0.05) is 30.5 Å². The summed E-state index contributed by atoms with van der Waals surface area (Å²) < 4.78 is 10.6. The van der Waals surface area contributed by atoms with Gasteiger partial charge in [-0.25, -0.2) is 4.99 Å². The third-order valence-electron chi connectivity index (χ3n) is 4.89. The molecule has 0 spiro atoms. The Balaban J connectivity index is 0.00000298. The number of aliphatic imine (C=N–C) groups is 1. The topological polar surface area (TPSA) is 136 Å². The summed E-state index contributed by atoms with van der Waals surface area (Å²) in [6.07, 6.45) is 0. The van der Waals surface area contributed by atoms with Crippen LogP contribution in [0.25, 0.3) is 0 Å². The van der Waals surface area contributed by atoms with E-state index in [1.165, 1.54) is 0 Å². The van der Waals surface area contributed by atoms with E-state index < -0.39 is 5.91 Å². The number of nitrogens with two attached hydrogens (primary N) is 2. The van der Waals surface area contributed by atoms with Crippen LogP contribution in [0.1, 0.15) is 47.1 Å². The Kier molecular flexibility index (Phi) is 11.7. The fourth-order valence-electron chi connectivity index (χ4n) is 3.08. The van der Waals surface area contributed by atoms with E-state index in [1.807, 2.05) is 32.0 Å². The summed E-state index contributed by atoms with van der Waals surface area (Å²) in [6.45, 7) is 13.1. The Hall–Kier alpha value is -3.59. The van der Waals surface area contributed by atoms with Crippen LogP contribution in [0.15, 0.2) is 46.5 Å². The summed E-state index contributed by atoms with van der Waals surface area (Å²) in [4.78, 5) is 17.5. The zero-order chi connectivity index (χ0) is 26.6. The molecule has 35 heavy (non-hydrogen) atoms. The smallest absolute Gasteiger partial charge is 0.277 e. The molecule has 1 amide bonds. The number of rotatable bonds is 9. The predicted molar refractivity (Wildman–Crippen MR) is 147 cm³/mol. The van der Waals surface area contributed by atoms with Gasteiger partial charge in [-0.1, -0.05) is 34.6 Å². The molecule has 0 aromatic heterocycles. The number of nitrogens with zero attached hydrogens (tertiary/aromatic N) is 2. The van der Waals surface area contributed by atoms with Crippen LogP contribution >= 0.6 is 0 Å². The molecule has 192 valence electrons. The zero-order valence-electron chi connectivity index (χ0n) is 22.2. The second-order valence-corrected chi connectivity index (χ2v) is 8.43. The van der Waals surface area contributed by atoms with Crippen molar-refractivity contribution in [2.45, 2.75) is 47.0 Å². The number of nitrogens with one attached hydrogen (secondary N) is 2. The maximum atomic E-state index is 13.0. The average Bonchev–Trinajstić information content (AvgIpc) is 2.83. The number of amides is 1. The molecule has 0 saturated heterocycles. The van der Waals surface area contributed by atoms with Gasteiger partial charge >= 0.3 is 0 Å². The van der Waals surface area contributed by atoms with Crippen molar-refractivity contribution < 1.29 is 14.3 Å². The van der Waals surface area contributed by atoms with Crippen LogP contribution in [0.2, 0.25) is 0 Å². The standard InChI is InChI=1S/C24H34N6O3.C2H6/c1-15(28-20-14-19(32-5)7-8-21(20)33-6)22(30-26)23(31)29-18-12-16(24(2,3)4)11-17(13-18)27-10-9-25;1-2/h7-8,11-14,27H,9-10,25-26H2,1-6H3,(H,29,31);1-2H3/b28-15?,30-22+;. The van der Waals surface area contributed by atoms with Crippen LogP contribution < -0.4 is 31.7 Å². The molecule has 0 bridgehead atoms. The number of carbonyl (C=O) groups excluding carboxylic acids is 1. The SMILES string of the molecule is CC.COc1ccc(OC)c(N=C(C)/C(=N\N)C(=O)Nc2cc(NCCN)cc(C(C)(C)C)c2)c1. The zero-order valence-corrected chi connectivity index (χ0v) is 22.2. The Bertz CT molecular complexity index is 1040. The first kappa shape index (κ1) is 29.4. The summed E-state index contributed by atoms with van der Waals surface area (Å²) >= 11 is 0. The highest BCUT2D eigenvalue weighted by atomic mass is 16.5. The highest BCUT2D eigenvalue weighted by molar-refractivity contribution is 6.68. The van der Waals surface area contributed by atoms with Gasteiger partial charge < -0.3 is 31.7 Å². The van der Waals surface area contributed by atoms with Gasteiger partial charge in [0.1, 0.15) is 17.2 Å². The largest absolute Gasteiger partial charge is 0.497 e. The number of methoxy groups -OCH3 is 2. The van der Waals surface area contributed by atoms with Crippen LogP contribution in [0.4, 0.5) is 17.1 Å². The number of hydrogen-bond donors (Lipinski definition) is 4. The molecular weight excluding hydrogens is 444 g/mol. The predicted octanol–water partition coefficient (Wildman–Crippen LogP) is 4.44. The number of carbonyl (C=O) groups is 1. The highest BCUT2D eigenvalue weighted by Gasteiger charge is 2.19.